The van der Waals surface area contributed by atoms with Gasteiger partial charge in [0.15, 0.2) is 0 Å². The van der Waals surface area contributed by atoms with E-state index in [1.807, 2.05) is 47.0 Å². The number of hydrogen-bond donors (Lipinski definition) is 2. The molecule has 1 aromatic carbocycles. The van der Waals surface area contributed by atoms with E-state index in [0.717, 1.165) is 111 Å². The topological polar surface area (TPSA) is 40.5 Å². The minimum atomic E-state index is -0.691. The van der Waals surface area contributed by atoms with Crippen molar-refractivity contribution in [2.75, 3.05) is 34.5 Å². The maximum atomic E-state index is 12.1. The van der Waals surface area contributed by atoms with E-state index in [-0.39, 0.29) is 0 Å². The monoisotopic (exact) mass is 734 g/mol. The van der Waals surface area contributed by atoms with Gasteiger partial charge in [-0.05, 0) is 61.2 Å². The first-order valence-corrected chi connectivity index (χ1v) is 23.6. The van der Waals surface area contributed by atoms with Crippen LogP contribution in [-0.2, 0) is 0 Å². The zero-order valence-electron chi connectivity index (χ0n) is 31.5. The minimum Gasteiger partial charge on any atom is -0.386 e. The Kier molecular flexibility index (Phi) is 27.8. The van der Waals surface area contributed by atoms with E-state index >= 15 is 0 Å². The summed E-state index contributed by atoms with van der Waals surface area (Å²) in [4.78, 5) is 0. The molecule has 1 rings (SSSR count). The molecule has 6 heteroatoms. The van der Waals surface area contributed by atoms with Gasteiger partial charge in [-0.2, -0.15) is 23.5 Å². The Bertz CT molecular complexity index is 957. The number of aliphatic hydroxyl groups excluding tert-OH is 2. The van der Waals surface area contributed by atoms with Gasteiger partial charge in [-0.15, -0.1) is 35.4 Å². The summed E-state index contributed by atoms with van der Waals surface area (Å²) in [6, 6.07) is 8.20. The molecule has 0 spiro atoms. The molecule has 0 aliphatic heterocycles. The first-order valence-electron chi connectivity index (χ1n) is 19.3. The van der Waals surface area contributed by atoms with Gasteiger partial charge in [0.2, 0.25) is 0 Å². The van der Waals surface area contributed by atoms with Crippen LogP contribution in [0.5, 0.6) is 0 Å². The number of thioether (sulfide) groups is 4. The van der Waals surface area contributed by atoms with Gasteiger partial charge in [0.1, 0.15) is 21.7 Å². The Hall–Kier alpha value is -0.340. The Morgan fingerprint density at radius 2 is 0.854 bits per heavy atom. The van der Waals surface area contributed by atoms with Crippen LogP contribution < -0.4 is 0 Å². The minimum absolute atomic E-state index is 0.532. The van der Waals surface area contributed by atoms with E-state index in [9.17, 15) is 10.2 Å². The second-order valence-electron chi connectivity index (χ2n) is 12.9. The number of rotatable bonds is 28. The lowest BCUT2D eigenvalue weighted by Gasteiger charge is -2.35. The second kappa shape index (κ2) is 29.3. The maximum Gasteiger partial charge on any atom is 0.106 e. The summed E-state index contributed by atoms with van der Waals surface area (Å²) in [5.41, 5.74) is 1.79. The number of unbranched alkanes of at least 4 members (excludes halogenated alkanes) is 8. The molecule has 0 bridgehead atoms. The molecule has 0 saturated heterocycles. The number of benzene rings is 1. The van der Waals surface area contributed by atoms with Crippen LogP contribution in [0.3, 0.4) is 0 Å². The largest absolute Gasteiger partial charge is 0.386 e. The summed E-state index contributed by atoms with van der Waals surface area (Å²) in [5.74, 6) is 20.8. The first-order chi connectivity index (χ1) is 23.4. The molecule has 48 heavy (non-hydrogen) atoms. The fourth-order valence-corrected chi connectivity index (χ4v) is 10.6. The van der Waals surface area contributed by atoms with Crippen LogP contribution in [0.4, 0.5) is 0 Å². The van der Waals surface area contributed by atoms with Crippen molar-refractivity contribution < 1.29 is 10.2 Å². The van der Waals surface area contributed by atoms with Gasteiger partial charge in [0, 0.05) is 35.9 Å². The smallest absolute Gasteiger partial charge is 0.106 e. The van der Waals surface area contributed by atoms with Gasteiger partial charge >= 0.3 is 0 Å². The molecule has 0 radical (unpaired) electrons. The summed E-state index contributed by atoms with van der Waals surface area (Å²) in [5, 5.41) is 24.2. The SMILES string of the molecule is CCCCC#CC(CCCC)(SCCSCCCC)C(O)c1ccc(C(O)C(C#CCCCC)(CCCC)SCCSCCCC)cc1. The lowest BCUT2D eigenvalue weighted by molar-refractivity contribution is 0.143. The Morgan fingerprint density at radius 1 is 0.500 bits per heavy atom. The molecule has 274 valence electrons. The summed E-state index contributed by atoms with van der Waals surface area (Å²) < 4.78 is -1.06. The average molecular weight is 735 g/mol. The third-order valence-electron chi connectivity index (χ3n) is 8.62. The van der Waals surface area contributed by atoms with Gasteiger partial charge in [-0.1, -0.05) is 129 Å². The number of hydrogen-bond acceptors (Lipinski definition) is 6. The molecule has 1 aromatic rings. The molecule has 0 aromatic heterocycles. The summed E-state index contributed by atoms with van der Waals surface area (Å²) in [7, 11) is 0. The van der Waals surface area contributed by atoms with Crippen LogP contribution >= 0.6 is 47.0 Å². The van der Waals surface area contributed by atoms with E-state index in [4.69, 9.17) is 0 Å². The fourth-order valence-electron chi connectivity index (χ4n) is 5.40. The molecule has 0 saturated carbocycles. The third kappa shape index (κ3) is 17.7. The number of aliphatic hydroxyl groups is 2. The van der Waals surface area contributed by atoms with E-state index in [0.29, 0.717) is 0 Å². The maximum absolute atomic E-state index is 12.1. The van der Waals surface area contributed by atoms with Crippen LogP contribution in [0.15, 0.2) is 24.3 Å². The van der Waals surface area contributed by atoms with Gasteiger partial charge in [0.05, 0.1) is 0 Å². The van der Waals surface area contributed by atoms with Crippen molar-refractivity contribution in [3.8, 4) is 23.7 Å². The van der Waals surface area contributed by atoms with Crippen LogP contribution in [0.1, 0.15) is 168 Å². The van der Waals surface area contributed by atoms with Crippen LogP contribution in [-0.4, -0.2) is 54.2 Å². The second-order valence-corrected chi connectivity index (χ2v) is 18.2. The molecule has 0 aliphatic rings. The molecular formula is C42H70O2S4. The first kappa shape index (κ1) is 45.7. The quantitative estimate of drug-likeness (QED) is 0.0660. The third-order valence-corrected chi connectivity index (χ3v) is 14.2. The van der Waals surface area contributed by atoms with E-state index in [2.05, 4.69) is 89.5 Å². The normalized spacial score (nSPS) is 15.0. The highest BCUT2D eigenvalue weighted by atomic mass is 32.2. The van der Waals surface area contributed by atoms with Crippen molar-refractivity contribution in [1.29, 1.82) is 0 Å². The summed E-state index contributed by atoms with van der Waals surface area (Å²) >= 11 is 7.77. The highest BCUT2D eigenvalue weighted by molar-refractivity contribution is 8.04. The lowest BCUT2D eigenvalue weighted by atomic mass is 9.87. The molecular weight excluding hydrogens is 665 g/mol. The van der Waals surface area contributed by atoms with Crippen molar-refractivity contribution in [2.45, 2.75) is 166 Å². The van der Waals surface area contributed by atoms with E-state index < -0.39 is 21.7 Å². The Morgan fingerprint density at radius 3 is 1.19 bits per heavy atom. The van der Waals surface area contributed by atoms with E-state index in [1.54, 1.807) is 0 Å². The molecule has 2 nitrogen and oxygen atoms in total. The average Bonchev–Trinajstić information content (AvgIpc) is 3.11. The molecule has 0 fully saturated rings. The molecule has 2 N–H and O–H groups in total. The van der Waals surface area contributed by atoms with Crippen LogP contribution in [0.25, 0.3) is 0 Å². The van der Waals surface area contributed by atoms with Crippen LogP contribution in [0.2, 0.25) is 0 Å². The van der Waals surface area contributed by atoms with Crippen molar-refractivity contribution in [3.05, 3.63) is 35.4 Å². The van der Waals surface area contributed by atoms with Gasteiger partial charge in [-0.25, -0.2) is 0 Å². The van der Waals surface area contributed by atoms with Crippen molar-refractivity contribution >= 4 is 47.0 Å². The molecule has 4 atom stereocenters. The predicted molar refractivity (Wildman–Crippen MR) is 225 cm³/mol. The molecule has 4 unspecified atom stereocenters. The molecule has 0 amide bonds. The van der Waals surface area contributed by atoms with Crippen molar-refractivity contribution in [2.24, 2.45) is 0 Å². The van der Waals surface area contributed by atoms with Crippen LogP contribution in [0, 0.1) is 23.7 Å². The lowest BCUT2D eigenvalue weighted by Crippen LogP contribution is -2.33. The van der Waals surface area contributed by atoms with Crippen molar-refractivity contribution in [3.63, 3.8) is 0 Å². The molecule has 0 aliphatic carbocycles. The Balaban J connectivity index is 3.40. The zero-order chi connectivity index (χ0) is 35.4. The summed E-state index contributed by atoms with van der Waals surface area (Å²) in [6.07, 6.45) is 15.8. The van der Waals surface area contributed by atoms with Gasteiger partial charge in [0.25, 0.3) is 0 Å². The molecule has 0 heterocycles. The van der Waals surface area contributed by atoms with Gasteiger partial charge < -0.3 is 10.2 Å². The van der Waals surface area contributed by atoms with E-state index in [1.165, 1.54) is 37.2 Å². The fraction of sp³-hybridized carbons (Fsp3) is 0.762. The highest BCUT2D eigenvalue weighted by Gasteiger charge is 2.39. The van der Waals surface area contributed by atoms with Gasteiger partial charge in [-0.3, -0.25) is 0 Å². The standard InChI is InChI=1S/C42H70O2S4/c1-7-13-19-21-29-41(27-15-9-3,47-35-33-45-31-17-11-5)39(43)37-23-25-38(26-24-37)40(44)42(28-16-10-4,30-22-20-14-8-2)48-36-34-46-32-18-12-6/h23-26,39-40,43-44H,7-20,27-28,31-36H2,1-6H3. The zero-order valence-corrected chi connectivity index (χ0v) is 34.8. The highest BCUT2D eigenvalue weighted by Crippen LogP contribution is 2.45. The predicted octanol–water partition coefficient (Wildman–Crippen LogP) is 12.5. The Labute approximate surface area is 315 Å². The summed E-state index contributed by atoms with van der Waals surface area (Å²) in [6.45, 7) is 13.4. The van der Waals surface area contributed by atoms with Crippen molar-refractivity contribution in [1.82, 2.24) is 0 Å².